The SMILES string of the molecule is CCc1c(C)nn(CCNc2cc(C)nc3c(C)c(C)nn23)c1C. The Balaban J connectivity index is 1.80. The van der Waals surface area contributed by atoms with Gasteiger partial charge in [0.2, 0.25) is 0 Å². The monoisotopic (exact) mass is 326 g/mol. The third-order valence-corrected chi connectivity index (χ3v) is 4.70. The van der Waals surface area contributed by atoms with Crippen molar-refractivity contribution in [3.63, 3.8) is 0 Å². The summed E-state index contributed by atoms with van der Waals surface area (Å²) in [5.41, 5.74) is 7.82. The van der Waals surface area contributed by atoms with E-state index in [0.717, 1.165) is 53.6 Å². The van der Waals surface area contributed by atoms with Gasteiger partial charge in [0.05, 0.1) is 17.9 Å². The van der Waals surface area contributed by atoms with E-state index in [9.17, 15) is 0 Å². The molecule has 0 aliphatic rings. The van der Waals surface area contributed by atoms with Gasteiger partial charge in [0.1, 0.15) is 5.82 Å². The number of nitrogens with one attached hydrogen (secondary N) is 1. The molecule has 0 aliphatic heterocycles. The van der Waals surface area contributed by atoms with Crippen LogP contribution < -0.4 is 5.32 Å². The van der Waals surface area contributed by atoms with E-state index in [1.165, 1.54) is 11.3 Å². The Morgan fingerprint density at radius 3 is 2.46 bits per heavy atom. The van der Waals surface area contributed by atoms with Gasteiger partial charge in [-0.25, -0.2) is 4.98 Å². The van der Waals surface area contributed by atoms with Gasteiger partial charge in [-0.05, 0) is 46.6 Å². The van der Waals surface area contributed by atoms with E-state index in [-0.39, 0.29) is 0 Å². The average Bonchev–Trinajstić information content (AvgIpc) is 2.97. The summed E-state index contributed by atoms with van der Waals surface area (Å²) < 4.78 is 3.99. The molecule has 1 N–H and O–H groups in total. The smallest absolute Gasteiger partial charge is 0.160 e. The molecule has 0 spiro atoms. The largest absolute Gasteiger partial charge is 0.368 e. The van der Waals surface area contributed by atoms with Crippen LogP contribution in [0, 0.1) is 34.6 Å². The lowest BCUT2D eigenvalue weighted by Gasteiger charge is -2.10. The first-order valence-electron chi connectivity index (χ1n) is 8.52. The summed E-state index contributed by atoms with van der Waals surface area (Å²) in [5.74, 6) is 0.978. The Bertz CT molecular complexity index is 887. The highest BCUT2D eigenvalue weighted by atomic mass is 15.3. The van der Waals surface area contributed by atoms with Crippen LogP contribution >= 0.6 is 0 Å². The highest BCUT2D eigenvalue weighted by molar-refractivity contribution is 5.55. The summed E-state index contributed by atoms with van der Waals surface area (Å²) in [7, 11) is 0. The number of aryl methyl sites for hydroxylation is 4. The van der Waals surface area contributed by atoms with Crippen molar-refractivity contribution >= 4 is 11.5 Å². The third-order valence-electron chi connectivity index (χ3n) is 4.70. The van der Waals surface area contributed by atoms with Gasteiger partial charge in [-0.2, -0.15) is 14.7 Å². The van der Waals surface area contributed by atoms with Crippen LogP contribution in [0.1, 0.15) is 40.8 Å². The first-order chi connectivity index (χ1) is 11.4. The fraction of sp³-hybridized carbons (Fsp3) is 0.500. The van der Waals surface area contributed by atoms with Crippen molar-refractivity contribution in [1.29, 1.82) is 0 Å². The summed E-state index contributed by atoms with van der Waals surface area (Å²) in [6.07, 6.45) is 1.03. The molecule has 6 nitrogen and oxygen atoms in total. The van der Waals surface area contributed by atoms with Crippen LogP contribution in [0.2, 0.25) is 0 Å². The lowest BCUT2D eigenvalue weighted by atomic mass is 10.1. The van der Waals surface area contributed by atoms with Crippen LogP contribution in [0.15, 0.2) is 6.07 Å². The van der Waals surface area contributed by atoms with E-state index in [0.29, 0.717) is 0 Å². The fourth-order valence-electron chi connectivity index (χ4n) is 3.23. The van der Waals surface area contributed by atoms with Gasteiger partial charge in [-0.1, -0.05) is 6.92 Å². The Kier molecular flexibility index (Phi) is 4.30. The first-order valence-corrected chi connectivity index (χ1v) is 8.52. The maximum atomic E-state index is 4.65. The summed E-state index contributed by atoms with van der Waals surface area (Å²) in [6.45, 7) is 14.1. The molecule has 0 aromatic carbocycles. The van der Waals surface area contributed by atoms with E-state index in [1.54, 1.807) is 0 Å². The molecule has 128 valence electrons. The van der Waals surface area contributed by atoms with Gasteiger partial charge in [0.15, 0.2) is 5.65 Å². The normalized spacial score (nSPS) is 11.4. The van der Waals surface area contributed by atoms with Crippen molar-refractivity contribution < 1.29 is 0 Å². The highest BCUT2D eigenvalue weighted by Gasteiger charge is 2.12. The van der Waals surface area contributed by atoms with Crippen molar-refractivity contribution in [2.75, 3.05) is 11.9 Å². The van der Waals surface area contributed by atoms with Crippen molar-refractivity contribution in [3.05, 3.63) is 40.0 Å². The van der Waals surface area contributed by atoms with E-state index in [4.69, 9.17) is 0 Å². The molecule has 3 rings (SSSR count). The van der Waals surface area contributed by atoms with Crippen molar-refractivity contribution in [3.8, 4) is 0 Å². The number of rotatable bonds is 5. The Hall–Kier alpha value is -2.37. The Morgan fingerprint density at radius 2 is 1.79 bits per heavy atom. The summed E-state index contributed by atoms with van der Waals surface area (Å²) >= 11 is 0. The molecule has 3 heterocycles. The second-order valence-electron chi connectivity index (χ2n) is 6.38. The molecule has 0 bridgehead atoms. The molecule has 0 unspecified atom stereocenters. The molecule has 0 saturated carbocycles. The highest BCUT2D eigenvalue weighted by Crippen LogP contribution is 2.18. The van der Waals surface area contributed by atoms with Gasteiger partial charge in [0, 0.05) is 29.6 Å². The molecular formula is C18H26N6. The maximum absolute atomic E-state index is 4.65. The van der Waals surface area contributed by atoms with E-state index >= 15 is 0 Å². The summed E-state index contributed by atoms with van der Waals surface area (Å²) in [5, 5.41) is 12.7. The number of hydrogen-bond acceptors (Lipinski definition) is 4. The lowest BCUT2D eigenvalue weighted by Crippen LogP contribution is -2.15. The van der Waals surface area contributed by atoms with Crippen LogP contribution in [0.3, 0.4) is 0 Å². The minimum atomic E-state index is 0.793. The van der Waals surface area contributed by atoms with Gasteiger partial charge in [-0.15, -0.1) is 0 Å². The van der Waals surface area contributed by atoms with E-state index in [2.05, 4.69) is 52.9 Å². The van der Waals surface area contributed by atoms with E-state index < -0.39 is 0 Å². The summed E-state index contributed by atoms with van der Waals surface area (Å²) in [4.78, 5) is 4.61. The second kappa shape index (κ2) is 6.26. The molecule has 0 radical (unpaired) electrons. The predicted octanol–water partition coefficient (Wildman–Crippen LogP) is 3.14. The minimum absolute atomic E-state index is 0.793. The molecular weight excluding hydrogens is 300 g/mol. The Labute approximate surface area is 142 Å². The molecule has 3 aromatic heterocycles. The summed E-state index contributed by atoms with van der Waals surface area (Å²) in [6, 6.07) is 2.04. The second-order valence-corrected chi connectivity index (χ2v) is 6.38. The molecule has 24 heavy (non-hydrogen) atoms. The van der Waals surface area contributed by atoms with Crippen LogP contribution in [0.25, 0.3) is 5.65 Å². The van der Waals surface area contributed by atoms with Gasteiger partial charge in [-0.3, -0.25) is 4.68 Å². The molecule has 0 amide bonds. The Morgan fingerprint density at radius 1 is 1.04 bits per heavy atom. The number of aromatic nitrogens is 5. The first kappa shape index (κ1) is 16.5. The molecule has 6 heteroatoms. The zero-order valence-corrected chi connectivity index (χ0v) is 15.4. The molecule has 0 atom stereocenters. The number of anilines is 1. The topological polar surface area (TPSA) is 60.0 Å². The quantitative estimate of drug-likeness (QED) is 0.782. The third kappa shape index (κ3) is 2.77. The number of nitrogens with zero attached hydrogens (tertiary/aromatic N) is 5. The van der Waals surface area contributed by atoms with Gasteiger partial charge >= 0.3 is 0 Å². The van der Waals surface area contributed by atoms with Crippen LogP contribution in [0.4, 0.5) is 5.82 Å². The predicted molar refractivity (Wildman–Crippen MR) is 96.8 cm³/mol. The van der Waals surface area contributed by atoms with Crippen molar-refractivity contribution in [2.45, 2.75) is 54.5 Å². The van der Waals surface area contributed by atoms with Crippen LogP contribution in [0.5, 0.6) is 0 Å². The van der Waals surface area contributed by atoms with Gasteiger partial charge < -0.3 is 5.32 Å². The number of fused-ring (bicyclic) bond motifs is 1. The standard InChI is InChI=1S/C18H26N6/c1-7-16-14(5)21-23(15(16)6)9-8-19-17-10-11(2)20-18-12(3)13(4)22-24(17)18/h10,19H,7-9H2,1-6H3. The van der Waals surface area contributed by atoms with Gasteiger partial charge in [0.25, 0.3) is 0 Å². The van der Waals surface area contributed by atoms with Crippen LogP contribution in [-0.4, -0.2) is 30.9 Å². The minimum Gasteiger partial charge on any atom is -0.368 e. The van der Waals surface area contributed by atoms with Crippen molar-refractivity contribution in [2.24, 2.45) is 0 Å². The zero-order chi connectivity index (χ0) is 17.4. The molecule has 0 aliphatic carbocycles. The zero-order valence-electron chi connectivity index (χ0n) is 15.4. The molecule has 0 fully saturated rings. The lowest BCUT2D eigenvalue weighted by molar-refractivity contribution is 0.612. The van der Waals surface area contributed by atoms with Crippen molar-refractivity contribution in [1.82, 2.24) is 24.4 Å². The molecule has 3 aromatic rings. The average molecular weight is 326 g/mol. The van der Waals surface area contributed by atoms with E-state index in [1.807, 2.05) is 24.4 Å². The maximum Gasteiger partial charge on any atom is 0.160 e. The fourth-order valence-corrected chi connectivity index (χ4v) is 3.23. The molecule has 0 saturated heterocycles. The number of hydrogen-bond donors (Lipinski definition) is 1. The van der Waals surface area contributed by atoms with Crippen LogP contribution in [-0.2, 0) is 13.0 Å².